The predicted molar refractivity (Wildman–Crippen MR) is 52.1 cm³/mol. The Balaban J connectivity index is 2.58. The zero-order valence-electron chi connectivity index (χ0n) is 8.81. The molecule has 0 aliphatic carbocycles. The van der Waals surface area contributed by atoms with Gasteiger partial charge >= 0.3 is 0 Å². The molecule has 1 heterocycles. The number of hydrogen-bond donors (Lipinski definition) is 0. The highest BCUT2D eigenvalue weighted by Gasteiger charge is 2.13. The molecule has 1 aromatic rings. The smallest absolute Gasteiger partial charge is 0.137 e. The summed E-state index contributed by atoms with van der Waals surface area (Å²) >= 11 is 0. The first-order chi connectivity index (χ1) is 6.11. The van der Waals surface area contributed by atoms with Crippen LogP contribution < -0.4 is 0 Å². The molecule has 13 heavy (non-hydrogen) atoms. The van der Waals surface area contributed by atoms with Crippen LogP contribution in [0.4, 0.5) is 0 Å². The van der Waals surface area contributed by atoms with E-state index < -0.39 is 0 Å². The van der Waals surface area contributed by atoms with E-state index in [2.05, 4.69) is 42.7 Å². The third-order valence-electron chi connectivity index (χ3n) is 2.10. The van der Waals surface area contributed by atoms with Crippen LogP contribution in [0.2, 0.25) is 0 Å². The molecule has 0 aromatic carbocycles. The van der Waals surface area contributed by atoms with E-state index in [1.807, 2.05) is 4.68 Å². The van der Waals surface area contributed by atoms with Crippen molar-refractivity contribution in [2.24, 2.45) is 0 Å². The van der Waals surface area contributed by atoms with E-state index in [0.717, 1.165) is 6.67 Å². The van der Waals surface area contributed by atoms with Crippen molar-refractivity contribution in [2.45, 2.75) is 46.4 Å². The van der Waals surface area contributed by atoms with Gasteiger partial charge in [0.05, 0.1) is 6.67 Å². The van der Waals surface area contributed by atoms with E-state index in [4.69, 9.17) is 0 Å². The van der Waals surface area contributed by atoms with Gasteiger partial charge in [-0.15, -0.1) is 0 Å². The Morgan fingerprint density at radius 1 is 1.23 bits per heavy atom. The summed E-state index contributed by atoms with van der Waals surface area (Å²) in [6, 6.07) is 1.06. The van der Waals surface area contributed by atoms with Crippen molar-refractivity contribution in [3.63, 3.8) is 0 Å². The first-order valence-corrected chi connectivity index (χ1v) is 4.69. The zero-order chi connectivity index (χ0) is 9.84. The molecule has 0 amide bonds. The van der Waals surface area contributed by atoms with Crippen molar-refractivity contribution in [3.8, 4) is 0 Å². The quantitative estimate of drug-likeness (QED) is 0.705. The summed E-state index contributed by atoms with van der Waals surface area (Å²) in [5.74, 6) is 0. The molecular formula is C9H18N4. The molecule has 1 rings (SSSR count). The highest BCUT2D eigenvalue weighted by molar-refractivity contribution is 4.65. The fourth-order valence-electron chi connectivity index (χ4n) is 1.40. The standard InChI is InChI=1S/C9H18N4/c1-8(2)13(9(3)4)7-12-6-10-5-11-12/h5-6,8-9H,7H2,1-4H3. The van der Waals surface area contributed by atoms with Gasteiger partial charge in [-0.25, -0.2) is 9.67 Å². The van der Waals surface area contributed by atoms with Crippen molar-refractivity contribution in [1.29, 1.82) is 0 Å². The van der Waals surface area contributed by atoms with E-state index in [-0.39, 0.29) is 0 Å². The van der Waals surface area contributed by atoms with Crippen molar-refractivity contribution in [2.75, 3.05) is 0 Å². The molecule has 1 aromatic heterocycles. The van der Waals surface area contributed by atoms with Gasteiger partial charge in [0, 0.05) is 12.1 Å². The highest BCUT2D eigenvalue weighted by atomic mass is 15.4. The molecule has 0 saturated carbocycles. The van der Waals surface area contributed by atoms with E-state index in [9.17, 15) is 0 Å². The maximum atomic E-state index is 4.08. The monoisotopic (exact) mass is 182 g/mol. The molecule has 0 aliphatic heterocycles. The largest absolute Gasteiger partial charge is 0.279 e. The zero-order valence-corrected chi connectivity index (χ0v) is 8.81. The summed E-state index contributed by atoms with van der Waals surface area (Å²) in [7, 11) is 0. The average Bonchev–Trinajstić information content (AvgIpc) is 2.50. The third-order valence-corrected chi connectivity index (χ3v) is 2.10. The van der Waals surface area contributed by atoms with Crippen LogP contribution in [0.25, 0.3) is 0 Å². The van der Waals surface area contributed by atoms with Crippen LogP contribution in [0.1, 0.15) is 27.7 Å². The number of aromatic nitrogens is 3. The molecule has 0 N–H and O–H groups in total. The third kappa shape index (κ3) is 2.81. The molecule has 74 valence electrons. The van der Waals surface area contributed by atoms with Crippen molar-refractivity contribution < 1.29 is 0 Å². The molecule has 4 nitrogen and oxygen atoms in total. The summed E-state index contributed by atoms with van der Waals surface area (Å²) < 4.78 is 1.85. The normalized spacial score (nSPS) is 11.9. The molecule has 0 spiro atoms. The van der Waals surface area contributed by atoms with Crippen LogP contribution in [-0.2, 0) is 6.67 Å². The van der Waals surface area contributed by atoms with Crippen molar-refractivity contribution >= 4 is 0 Å². The number of rotatable bonds is 4. The molecule has 0 saturated heterocycles. The second kappa shape index (κ2) is 4.37. The first kappa shape index (κ1) is 10.2. The fourth-order valence-corrected chi connectivity index (χ4v) is 1.40. The molecule has 0 aliphatic rings. The van der Waals surface area contributed by atoms with Gasteiger partial charge in [0.1, 0.15) is 12.7 Å². The van der Waals surface area contributed by atoms with Crippen LogP contribution in [0.15, 0.2) is 12.7 Å². The number of nitrogens with zero attached hydrogens (tertiary/aromatic N) is 4. The molecule has 0 radical (unpaired) electrons. The van der Waals surface area contributed by atoms with Gasteiger partial charge in [-0.2, -0.15) is 5.10 Å². The fraction of sp³-hybridized carbons (Fsp3) is 0.778. The molecular weight excluding hydrogens is 164 g/mol. The predicted octanol–water partition coefficient (Wildman–Crippen LogP) is 1.35. The Bertz CT molecular complexity index is 220. The lowest BCUT2D eigenvalue weighted by atomic mass is 10.2. The summed E-state index contributed by atoms with van der Waals surface area (Å²) in [4.78, 5) is 6.27. The number of hydrogen-bond acceptors (Lipinski definition) is 3. The SMILES string of the molecule is CC(C)N(Cn1cncn1)C(C)C. The van der Waals surface area contributed by atoms with Crippen LogP contribution in [-0.4, -0.2) is 31.7 Å². The minimum Gasteiger partial charge on any atom is -0.279 e. The lowest BCUT2D eigenvalue weighted by Crippen LogP contribution is -2.38. The summed E-state index contributed by atoms with van der Waals surface area (Å²) in [5.41, 5.74) is 0. The van der Waals surface area contributed by atoms with Gasteiger partial charge in [-0.3, -0.25) is 4.90 Å². The summed E-state index contributed by atoms with van der Waals surface area (Å²) in [6.07, 6.45) is 3.32. The van der Waals surface area contributed by atoms with Gasteiger partial charge in [-0.1, -0.05) is 0 Å². The lowest BCUT2D eigenvalue weighted by molar-refractivity contribution is 0.123. The van der Waals surface area contributed by atoms with Crippen LogP contribution in [0.5, 0.6) is 0 Å². The highest BCUT2D eigenvalue weighted by Crippen LogP contribution is 2.05. The Kier molecular flexibility index (Phi) is 3.42. The van der Waals surface area contributed by atoms with E-state index in [0.29, 0.717) is 12.1 Å². The van der Waals surface area contributed by atoms with Gasteiger partial charge in [0.2, 0.25) is 0 Å². The topological polar surface area (TPSA) is 34.0 Å². The summed E-state index contributed by atoms with van der Waals surface area (Å²) in [6.45, 7) is 9.58. The van der Waals surface area contributed by atoms with Gasteiger partial charge in [0.15, 0.2) is 0 Å². The van der Waals surface area contributed by atoms with E-state index in [1.165, 1.54) is 0 Å². The van der Waals surface area contributed by atoms with Crippen molar-refractivity contribution in [1.82, 2.24) is 19.7 Å². The molecule has 0 unspecified atom stereocenters. The summed E-state index contributed by atoms with van der Waals surface area (Å²) in [5, 5.41) is 4.08. The second-order valence-corrected chi connectivity index (χ2v) is 3.78. The van der Waals surface area contributed by atoms with Gasteiger partial charge in [-0.05, 0) is 27.7 Å². The lowest BCUT2D eigenvalue weighted by Gasteiger charge is -2.29. The van der Waals surface area contributed by atoms with Crippen LogP contribution >= 0.6 is 0 Å². The first-order valence-electron chi connectivity index (χ1n) is 4.69. The Morgan fingerprint density at radius 2 is 1.85 bits per heavy atom. The second-order valence-electron chi connectivity index (χ2n) is 3.78. The Labute approximate surface area is 79.6 Å². The molecule has 0 atom stereocenters. The maximum absolute atomic E-state index is 4.08. The Hall–Kier alpha value is -0.900. The van der Waals surface area contributed by atoms with Crippen LogP contribution in [0, 0.1) is 0 Å². The van der Waals surface area contributed by atoms with Gasteiger partial charge in [0.25, 0.3) is 0 Å². The van der Waals surface area contributed by atoms with Crippen LogP contribution in [0.3, 0.4) is 0 Å². The maximum Gasteiger partial charge on any atom is 0.137 e. The van der Waals surface area contributed by atoms with Gasteiger partial charge < -0.3 is 0 Å². The van der Waals surface area contributed by atoms with Crippen molar-refractivity contribution in [3.05, 3.63) is 12.7 Å². The average molecular weight is 182 g/mol. The molecule has 0 bridgehead atoms. The van der Waals surface area contributed by atoms with E-state index >= 15 is 0 Å². The molecule has 4 heteroatoms. The van der Waals surface area contributed by atoms with E-state index in [1.54, 1.807) is 12.7 Å². The Morgan fingerprint density at radius 3 is 2.23 bits per heavy atom. The molecule has 0 fully saturated rings. The minimum atomic E-state index is 0.532. The minimum absolute atomic E-state index is 0.532.